The first kappa shape index (κ1) is 22.2. The Balaban J connectivity index is 1.79. The molecule has 0 aliphatic carbocycles. The molecule has 1 aliphatic heterocycles. The molecule has 0 bridgehead atoms. The Bertz CT molecular complexity index is 1230. The number of benzene rings is 1. The minimum absolute atomic E-state index is 0.0775. The van der Waals surface area contributed by atoms with Gasteiger partial charge < -0.3 is 19.7 Å². The fraction of sp³-hybridized carbons (Fsp3) is 0.409. The van der Waals surface area contributed by atoms with Gasteiger partial charge in [-0.15, -0.1) is 0 Å². The largest absolute Gasteiger partial charge is 0.416 e. The lowest BCUT2D eigenvalue weighted by atomic mass is 10.0. The highest BCUT2D eigenvalue weighted by molar-refractivity contribution is 5.88. The van der Waals surface area contributed by atoms with Crippen molar-refractivity contribution < 1.29 is 23.0 Å². The number of aliphatic hydroxyl groups excluding tert-OH is 1. The number of pyridine rings is 1. The molecule has 3 heterocycles. The summed E-state index contributed by atoms with van der Waals surface area (Å²) in [5.41, 5.74) is -1.23. The zero-order valence-corrected chi connectivity index (χ0v) is 17.8. The lowest BCUT2D eigenvalue weighted by Gasteiger charge is -2.26. The van der Waals surface area contributed by atoms with E-state index in [2.05, 4.69) is 15.3 Å². The number of anilines is 1. The lowest BCUT2D eigenvalue weighted by molar-refractivity contribution is -0.138. The molecule has 1 saturated heterocycles. The molecule has 1 aromatic carbocycles. The molecular formula is C22H23F3N4O3. The van der Waals surface area contributed by atoms with E-state index in [1.807, 2.05) is 6.92 Å². The molecule has 3 aromatic rings. The Hall–Kier alpha value is -2.98. The summed E-state index contributed by atoms with van der Waals surface area (Å²) in [6.45, 7) is 5.76. The van der Waals surface area contributed by atoms with E-state index in [4.69, 9.17) is 4.74 Å². The minimum Gasteiger partial charge on any atom is -0.379 e. The van der Waals surface area contributed by atoms with Crippen molar-refractivity contribution >= 4 is 16.7 Å². The number of rotatable bonds is 4. The highest BCUT2D eigenvalue weighted by Gasteiger charge is 2.34. The molecule has 7 nitrogen and oxygen atoms in total. The molecular weight excluding hydrogens is 425 g/mol. The number of ether oxygens (including phenoxy) is 1. The first-order valence-electron chi connectivity index (χ1n) is 10.1. The predicted octanol–water partition coefficient (Wildman–Crippen LogP) is 3.67. The minimum atomic E-state index is -4.53. The molecule has 10 heteroatoms. The fourth-order valence-corrected chi connectivity index (χ4v) is 4.06. The van der Waals surface area contributed by atoms with Crippen LogP contribution in [-0.2, 0) is 16.5 Å². The number of hydrogen-bond acceptors (Lipinski definition) is 6. The van der Waals surface area contributed by atoms with Gasteiger partial charge in [0.2, 0.25) is 0 Å². The Morgan fingerprint density at radius 3 is 2.69 bits per heavy atom. The van der Waals surface area contributed by atoms with Gasteiger partial charge in [-0.2, -0.15) is 13.2 Å². The average Bonchev–Trinajstić information content (AvgIpc) is 3.13. The molecule has 0 saturated carbocycles. The third-order valence-corrected chi connectivity index (χ3v) is 5.87. The standard InChI is InChI=1S/C22H23F3N4O3/c1-12-14(5-4-6-16(12)22(23,24)25)20(31)28-19-15-10-29(21(3)7-8-32-11-21)18(30)9-17(15)26-13(2)27-19/h4-6,9-10,20,31H,7-8,11H2,1-3H3,(H,26,27,28)/t20-,21+/m1/s1. The zero-order chi connectivity index (χ0) is 23.3. The van der Waals surface area contributed by atoms with Crippen molar-refractivity contribution in [2.45, 2.75) is 45.1 Å². The molecule has 0 unspecified atom stereocenters. The van der Waals surface area contributed by atoms with Gasteiger partial charge in [-0.05, 0) is 38.8 Å². The molecule has 0 amide bonds. The summed E-state index contributed by atoms with van der Waals surface area (Å²) in [5, 5.41) is 14.0. The van der Waals surface area contributed by atoms with Crippen LogP contribution >= 0.6 is 0 Å². The van der Waals surface area contributed by atoms with Crippen molar-refractivity contribution in [3.8, 4) is 0 Å². The van der Waals surface area contributed by atoms with E-state index in [0.717, 1.165) is 6.07 Å². The van der Waals surface area contributed by atoms with Crippen LogP contribution in [0.25, 0.3) is 10.9 Å². The molecule has 2 N–H and O–H groups in total. The number of nitrogens with zero attached hydrogens (tertiary/aromatic N) is 3. The van der Waals surface area contributed by atoms with Crippen molar-refractivity contribution in [3.63, 3.8) is 0 Å². The highest BCUT2D eigenvalue weighted by atomic mass is 19.4. The SMILES string of the molecule is Cc1nc(N[C@H](O)c2cccc(C(F)(F)F)c2C)c2cn([C@@]3(C)CCOC3)c(=O)cc2n1. The van der Waals surface area contributed by atoms with Crippen LogP contribution in [-0.4, -0.2) is 32.9 Å². The second kappa shape index (κ2) is 7.86. The maximum atomic E-state index is 13.3. The summed E-state index contributed by atoms with van der Waals surface area (Å²) in [6.07, 6.45) is -3.73. The molecule has 0 spiro atoms. The number of aromatic nitrogens is 3. The normalized spacial score (nSPS) is 20.0. The lowest BCUT2D eigenvalue weighted by Crippen LogP contribution is -2.38. The van der Waals surface area contributed by atoms with E-state index in [1.54, 1.807) is 17.7 Å². The maximum Gasteiger partial charge on any atom is 0.416 e. The summed E-state index contributed by atoms with van der Waals surface area (Å²) in [5.74, 6) is 0.564. The van der Waals surface area contributed by atoms with E-state index >= 15 is 0 Å². The van der Waals surface area contributed by atoms with Crippen molar-refractivity contribution in [1.82, 2.24) is 14.5 Å². The summed E-state index contributed by atoms with van der Waals surface area (Å²) in [7, 11) is 0. The number of aryl methyl sites for hydroxylation is 1. The van der Waals surface area contributed by atoms with Crippen LogP contribution in [0.4, 0.5) is 19.0 Å². The van der Waals surface area contributed by atoms with E-state index < -0.39 is 23.5 Å². The third kappa shape index (κ3) is 3.95. The van der Waals surface area contributed by atoms with Gasteiger partial charge in [0.15, 0.2) is 6.23 Å². The van der Waals surface area contributed by atoms with Gasteiger partial charge in [-0.3, -0.25) is 4.79 Å². The molecule has 32 heavy (non-hydrogen) atoms. The zero-order valence-electron chi connectivity index (χ0n) is 17.8. The van der Waals surface area contributed by atoms with Gasteiger partial charge in [0.25, 0.3) is 5.56 Å². The van der Waals surface area contributed by atoms with E-state index in [9.17, 15) is 23.1 Å². The van der Waals surface area contributed by atoms with Crippen LogP contribution in [0.5, 0.6) is 0 Å². The monoisotopic (exact) mass is 448 g/mol. The van der Waals surface area contributed by atoms with Crippen LogP contribution in [0, 0.1) is 13.8 Å². The van der Waals surface area contributed by atoms with Gasteiger partial charge in [-0.1, -0.05) is 12.1 Å². The van der Waals surface area contributed by atoms with Crippen molar-refractivity contribution in [2.24, 2.45) is 0 Å². The number of alkyl halides is 3. The van der Waals surface area contributed by atoms with Crippen LogP contribution in [0.1, 0.15) is 42.1 Å². The Labute approximate surface area is 181 Å². The van der Waals surface area contributed by atoms with Gasteiger partial charge >= 0.3 is 6.18 Å². The maximum absolute atomic E-state index is 13.3. The number of nitrogens with one attached hydrogen (secondary N) is 1. The molecule has 4 rings (SSSR count). The van der Waals surface area contributed by atoms with E-state index in [1.165, 1.54) is 25.1 Å². The van der Waals surface area contributed by atoms with E-state index in [-0.39, 0.29) is 22.5 Å². The Morgan fingerprint density at radius 2 is 2.03 bits per heavy atom. The molecule has 1 fully saturated rings. The average molecular weight is 448 g/mol. The molecule has 0 radical (unpaired) electrons. The van der Waals surface area contributed by atoms with Gasteiger partial charge in [0.1, 0.15) is 11.6 Å². The first-order valence-corrected chi connectivity index (χ1v) is 10.1. The Kier molecular flexibility index (Phi) is 5.46. The highest BCUT2D eigenvalue weighted by Crippen LogP contribution is 2.35. The fourth-order valence-electron chi connectivity index (χ4n) is 4.06. The molecule has 2 aromatic heterocycles. The topological polar surface area (TPSA) is 89.3 Å². The quantitative estimate of drug-likeness (QED) is 0.592. The summed E-state index contributed by atoms with van der Waals surface area (Å²) >= 11 is 0. The summed E-state index contributed by atoms with van der Waals surface area (Å²) in [4.78, 5) is 21.4. The van der Waals surface area contributed by atoms with Crippen LogP contribution < -0.4 is 10.9 Å². The van der Waals surface area contributed by atoms with Gasteiger partial charge in [-0.25, -0.2) is 9.97 Å². The Morgan fingerprint density at radius 1 is 1.28 bits per heavy atom. The van der Waals surface area contributed by atoms with Gasteiger partial charge in [0.05, 0.1) is 28.6 Å². The second-order valence-electron chi connectivity index (χ2n) is 8.26. The third-order valence-electron chi connectivity index (χ3n) is 5.87. The number of aliphatic hydroxyl groups is 1. The molecule has 1 aliphatic rings. The van der Waals surface area contributed by atoms with E-state index in [0.29, 0.717) is 36.4 Å². The number of fused-ring (bicyclic) bond motifs is 1. The van der Waals surface area contributed by atoms with Crippen molar-refractivity contribution in [3.05, 3.63) is 63.3 Å². The van der Waals surface area contributed by atoms with Crippen LogP contribution in [0.2, 0.25) is 0 Å². The number of hydrogen-bond donors (Lipinski definition) is 2. The summed E-state index contributed by atoms with van der Waals surface area (Å²) < 4.78 is 46.9. The van der Waals surface area contributed by atoms with Crippen molar-refractivity contribution in [1.29, 1.82) is 0 Å². The smallest absolute Gasteiger partial charge is 0.379 e. The summed E-state index contributed by atoms with van der Waals surface area (Å²) in [6, 6.07) is 5.03. The second-order valence-corrected chi connectivity index (χ2v) is 8.26. The van der Waals surface area contributed by atoms with Crippen LogP contribution in [0.3, 0.4) is 0 Å². The first-order chi connectivity index (χ1) is 15.0. The predicted molar refractivity (Wildman–Crippen MR) is 112 cm³/mol. The van der Waals surface area contributed by atoms with Crippen molar-refractivity contribution in [2.75, 3.05) is 18.5 Å². The van der Waals surface area contributed by atoms with Gasteiger partial charge in [0, 0.05) is 24.4 Å². The molecule has 170 valence electrons. The number of halogens is 3. The van der Waals surface area contributed by atoms with Crippen LogP contribution in [0.15, 0.2) is 35.3 Å². The molecule has 2 atom stereocenters.